The SMILES string of the molecule is COc1ccc(S(=O)(=O)c2c(OC)c(OC)c(OC)c(N)c2C(=O)N(O)Cc2cccnc2)cc1. The van der Waals surface area contributed by atoms with Crippen molar-refractivity contribution in [2.75, 3.05) is 34.2 Å². The van der Waals surface area contributed by atoms with Gasteiger partial charge < -0.3 is 24.7 Å². The molecule has 3 rings (SSSR count). The van der Waals surface area contributed by atoms with E-state index >= 15 is 0 Å². The highest BCUT2D eigenvalue weighted by atomic mass is 32.2. The van der Waals surface area contributed by atoms with Gasteiger partial charge in [-0.15, -0.1) is 0 Å². The zero-order valence-electron chi connectivity index (χ0n) is 19.5. The van der Waals surface area contributed by atoms with Crippen LogP contribution < -0.4 is 24.7 Å². The summed E-state index contributed by atoms with van der Waals surface area (Å²) < 4.78 is 48.7. The van der Waals surface area contributed by atoms with Crippen molar-refractivity contribution in [3.05, 3.63) is 59.9 Å². The maximum Gasteiger partial charge on any atom is 0.281 e. The van der Waals surface area contributed by atoms with E-state index in [2.05, 4.69) is 4.98 Å². The van der Waals surface area contributed by atoms with Crippen LogP contribution in [0.2, 0.25) is 0 Å². The molecule has 0 fully saturated rings. The number of nitrogen functional groups attached to an aromatic ring is 1. The number of carbonyl (C=O) groups excluding carboxylic acids is 1. The van der Waals surface area contributed by atoms with E-state index in [1.807, 2.05) is 0 Å². The van der Waals surface area contributed by atoms with E-state index in [4.69, 9.17) is 24.7 Å². The monoisotopic (exact) mass is 503 g/mol. The van der Waals surface area contributed by atoms with E-state index < -0.39 is 26.2 Å². The third-order valence-corrected chi connectivity index (χ3v) is 6.93. The second kappa shape index (κ2) is 10.5. The smallest absolute Gasteiger partial charge is 0.281 e. The van der Waals surface area contributed by atoms with Gasteiger partial charge in [-0.05, 0) is 35.9 Å². The van der Waals surface area contributed by atoms with Crippen LogP contribution in [-0.2, 0) is 16.4 Å². The minimum atomic E-state index is -4.44. The van der Waals surface area contributed by atoms with E-state index in [0.717, 1.165) is 0 Å². The van der Waals surface area contributed by atoms with E-state index in [1.165, 1.54) is 65.1 Å². The van der Waals surface area contributed by atoms with Crippen LogP contribution in [0.25, 0.3) is 0 Å². The number of methoxy groups -OCH3 is 4. The summed E-state index contributed by atoms with van der Waals surface area (Å²) in [5.41, 5.74) is 5.83. The predicted octanol–water partition coefficient (Wildman–Crippen LogP) is 2.56. The normalized spacial score (nSPS) is 11.0. The second-order valence-corrected chi connectivity index (χ2v) is 9.01. The van der Waals surface area contributed by atoms with Gasteiger partial charge in [0.15, 0.2) is 11.5 Å². The third-order valence-electron chi connectivity index (χ3n) is 5.11. The van der Waals surface area contributed by atoms with Crippen LogP contribution in [0, 0.1) is 0 Å². The molecule has 0 aliphatic rings. The molecule has 12 heteroatoms. The molecule has 0 spiro atoms. The molecule has 1 heterocycles. The van der Waals surface area contributed by atoms with E-state index in [9.17, 15) is 18.4 Å². The minimum absolute atomic E-state index is 0.129. The molecule has 0 bridgehead atoms. The van der Waals surface area contributed by atoms with Gasteiger partial charge in [0.1, 0.15) is 10.6 Å². The summed E-state index contributed by atoms with van der Waals surface area (Å²) in [7, 11) is 0.754. The number of pyridine rings is 1. The lowest BCUT2D eigenvalue weighted by molar-refractivity contribution is -0.0650. The van der Waals surface area contributed by atoms with Crippen molar-refractivity contribution < 1.29 is 37.4 Å². The summed E-state index contributed by atoms with van der Waals surface area (Å²) in [5, 5.41) is 10.9. The van der Waals surface area contributed by atoms with Crippen LogP contribution >= 0.6 is 0 Å². The van der Waals surface area contributed by atoms with Crippen LogP contribution in [0.5, 0.6) is 23.0 Å². The predicted molar refractivity (Wildman–Crippen MR) is 125 cm³/mol. The van der Waals surface area contributed by atoms with Crippen LogP contribution in [0.1, 0.15) is 15.9 Å². The Hall–Kier alpha value is -4.03. The first-order valence-corrected chi connectivity index (χ1v) is 11.6. The second-order valence-electron chi connectivity index (χ2n) is 7.12. The Kier molecular flexibility index (Phi) is 7.67. The van der Waals surface area contributed by atoms with E-state index in [1.54, 1.807) is 12.1 Å². The van der Waals surface area contributed by atoms with Gasteiger partial charge in [-0.25, -0.2) is 13.5 Å². The molecule has 186 valence electrons. The summed E-state index contributed by atoms with van der Waals surface area (Å²) in [4.78, 5) is 16.6. The molecule has 0 saturated heterocycles. The van der Waals surface area contributed by atoms with Gasteiger partial charge in [-0.1, -0.05) is 6.07 Å². The maximum absolute atomic E-state index is 13.8. The first-order valence-electron chi connectivity index (χ1n) is 10.1. The average molecular weight is 504 g/mol. The zero-order chi connectivity index (χ0) is 25.8. The fourth-order valence-corrected chi connectivity index (χ4v) is 5.07. The Labute approximate surface area is 202 Å². The van der Waals surface area contributed by atoms with Gasteiger partial charge in [0.25, 0.3) is 5.91 Å². The molecule has 0 unspecified atom stereocenters. The van der Waals surface area contributed by atoms with Crippen molar-refractivity contribution in [3.63, 3.8) is 0 Å². The Balaban J connectivity index is 2.30. The topological polar surface area (TPSA) is 151 Å². The maximum atomic E-state index is 13.8. The number of nitrogens with zero attached hydrogens (tertiary/aromatic N) is 2. The number of sulfone groups is 1. The molecule has 35 heavy (non-hydrogen) atoms. The van der Waals surface area contributed by atoms with Crippen LogP contribution in [0.4, 0.5) is 5.69 Å². The molecular formula is C23H25N3O8S. The molecule has 1 aromatic heterocycles. The minimum Gasteiger partial charge on any atom is -0.497 e. The number of aromatic nitrogens is 1. The molecule has 1 amide bonds. The van der Waals surface area contributed by atoms with Gasteiger partial charge in [-0.2, -0.15) is 0 Å². The lowest BCUT2D eigenvalue weighted by Crippen LogP contribution is -2.30. The number of hydroxylamine groups is 2. The number of anilines is 1. The van der Waals surface area contributed by atoms with Crippen molar-refractivity contribution in [3.8, 4) is 23.0 Å². The number of carbonyl (C=O) groups is 1. The highest BCUT2D eigenvalue weighted by Gasteiger charge is 2.38. The fourth-order valence-electron chi connectivity index (χ4n) is 3.46. The fraction of sp³-hybridized carbons (Fsp3) is 0.217. The highest BCUT2D eigenvalue weighted by Crippen LogP contribution is 2.50. The number of ether oxygens (including phenoxy) is 4. The van der Waals surface area contributed by atoms with Gasteiger partial charge in [0.05, 0.1) is 51.1 Å². The number of hydrogen-bond donors (Lipinski definition) is 2. The molecule has 0 saturated carbocycles. The van der Waals surface area contributed by atoms with E-state index in [0.29, 0.717) is 16.4 Å². The Morgan fingerprint density at radius 3 is 2.11 bits per heavy atom. The van der Waals surface area contributed by atoms with Crippen molar-refractivity contribution >= 4 is 21.4 Å². The van der Waals surface area contributed by atoms with Crippen LogP contribution in [0.15, 0.2) is 58.6 Å². The number of nitrogens with two attached hydrogens (primary N) is 1. The van der Waals surface area contributed by atoms with Crippen molar-refractivity contribution in [1.82, 2.24) is 10.0 Å². The van der Waals surface area contributed by atoms with Gasteiger partial charge in [0.2, 0.25) is 15.6 Å². The molecule has 0 aliphatic carbocycles. The molecule has 0 atom stereocenters. The Bertz CT molecular complexity index is 1310. The van der Waals surface area contributed by atoms with Gasteiger partial charge in [-0.3, -0.25) is 15.0 Å². The molecule has 0 radical (unpaired) electrons. The number of benzene rings is 2. The molecule has 2 aromatic carbocycles. The van der Waals surface area contributed by atoms with Crippen LogP contribution in [0.3, 0.4) is 0 Å². The van der Waals surface area contributed by atoms with E-state index in [-0.39, 0.29) is 34.4 Å². The zero-order valence-corrected chi connectivity index (χ0v) is 20.3. The Morgan fingerprint density at radius 2 is 1.60 bits per heavy atom. The van der Waals surface area contributed by atoms with Crippen molar-refractivity contribution in [2.24, 2.45) is 0 Å². The largest absolute Gasteiger partial charge is 0.497 e. The summed E-state index contributed by atoms with van der Waals surface area (Å²) >= 11 is 0. The molecule has 0 aliphatic heterocycles. The molecule has 3 N–H and O–H groups in total. The molecule has 11 nitrogen and oxygen atoms in total. The molecule has 3 aromatic rings. The summed E-state index contributed by atoms with van der Waals surface area (Å²) in [6.07, 6.45) is 2.98. The van der Waals surface area contributed by atoms with Crippen molar-refractivity contribution in [1.29, 1.82) is 0 Å². The average Bonchev–Trinajstić information content (AvgIpc) is 2.87. The van der Waals surface area contributed by atoms with Gasteiger partial charge >= 0.3 is 0 Å². The molecular weight excluding hydrogens is 478 g/mol. The lowest BCUT2D eigenvalue weighted by Gasteiger charge is -2.23. The highest BCUT2D eigenvalue weighted by molar-refractivity contribution is 7.91. The van der Waals surface area contributed by atoms with Gasteiger partial charge in [0, 0.05) is 12.4 Å². The summed E-state index contributed by atoms with van der Waals surface area (Å²) in [5.74, 6) is -1.24. The Morgan fingerprint density at radius 1 is 0.971 bits per heavy atom. The quantitative estimate of drug-likeness (QED) is 0.253. The summed E-state index contributed by atoms with van der Waals surface area (Å²) in [6, 6.07) is 8.78. The lowest BCUT2D eigenvalue weighted by atomic mass is 10.1. The summed E-state index contributed by atoms with van der Waals surface area (Å²) in [6.45, 7) is -0.287. The number of amides is 1. The number of hydrogen-bond acceptors (Lipinski definition) is 10. The first-order chi connectivity index (χ1) is 16.7. The third kappa shape index (κ3) is 4.79. The van der Waals surface area contributed by atoms with Crippen LogP contribution in [-0.4, -0.2) is 58.0 Å². The van der Waals surface area contributed by atoms with Crippen molar-refractivity contribution in [2.45, 2.75) is 16.3 Å². The number of rotatable bonds is 9. The first kappa shape index (κ1) is 25.6. The standard InChI is InChI=1S/C23H25N3O8S/c1-31-15-7-9-16(10-8-15)35(29,30)22-17(18(24)19(32-2)20(33-3)21(22)34-4)23(27)26(28)13-14-6-5-11-25-12-14/h5-12,28H,13,24H2,1-4H3.